The second-order valence-electron chi connectivity index (χ2n) is 4.08. The maximum Gasteiger partial charge on any atom is 0.231 e. The molecular formula is C11H18N2O2S. The van der Waals surface area contributed by atoms with Gasteiger partial charge in [-0.3, -0.25) is 4.31 Å². The fourth-order valence-corrected chi connectivity index (χ4v) is 1.91. The molecule has 0 saturated heterocycles. The molecule has 0 aliphatic carbocycles. The predicted molar refractivity (Wildman–Crippen MR) is 67.0 cm³/mol. The smallest absolute Gasteiger partial charge is 0.231 e. The van der Waals surface area contributed by atoms with E-state index in [-0.39, 0.29) is 6.04 Å². The molecular weight excluding hydrogens is 224 g/mol. The third kappa shape index (κ3) is 3.50. The summed E-state index contributed by atoms with van der Waals surface area (Å²) < 4.78 is 23.9. The van der Waals surface area contributed by atoms with Gasteiger partial charge in [0.2, 0.25) is 10.0 Å². The molecule has 0 amide bonds. The number of anilines is 1. The Bertz CT molecular complexity index is 438. The Morgan fingerprint density at radius 1 is 1.31 bits per heavy atom. The number of hydrogen-bond acceptors (Lipinski definition) is 3. The van der Waals surface area contributed by atoms with Crippen molar-refractivity contribution in [3.05, 3.63) is 29.8 Å². The molecule has 1 aromatic carbocycles. The Kier molecular flexibility index (Phi) is 3.93. The summed E-state index contributed by atoms with van der Waals surface area (Å²) in [6.45, 7) is 1.94. The van der Waals surface area contributed by atoms with E-state index in [0.29, 0.717) is 5.69 Å². The summed E-state index contributed by atoms with van der Waals surface area (Å²) >= 11 is 0. The van der Waals surface area contributed by atoms with Gasteiger partial charge in [0, 0.05) is 13.1 Å². The molecule has 0 fully saturated rings. The highest BCUT2D eigenvalue weighted by Crippen LogP contribution is 2.16. The van der Waals surface area contributed by atoms with Gasteiger partial charge in [0.25, 0.3) is 0 Å². The highest BCUT2D eigenvalue weighted by atomic mass is 32.2. The lowest BCUT2D eigenvalue weighted by atomic mass is 10.1. The fourth-order valence-electron chi connectivity index (χ4n) is 1.41. The molecule has 0 bridgehead atoms. The van der Waals surface area contributed by atoms with Crippen LogP contribution in [0.2, 0.25) is 0 Å². The third-order valence-electron chi connectivity index (χ3n) is 2.36. The molecule has 1 unspecified atom stereocenters. The first-order valence-corrected chi connectivity index (χ1v) is 6.94. The first-order valence-electron chi connectivity index (χ1n) is 5.09. The molecule has 0 aromatic heterocycles. The molecule has 1 atom stereocenters. The van der Waals surface area contributed by atoms with Crippen LogP contribution in [0.5, 0.6) is 0 Å². The first-order chi connectivity index (χ1) is 7.30. The van der Waals surface area contributed by atoms with E-state index in [9.17, 15) is 8.42 Å². The van der Waals surface area contributed by atoms with Gasteiger partial charge in [0.15, 0.2) is 0 Å². The van der Waals surface area contributed by atoms with Crippen molar-refractivity contribution in [3.63, 3.8) is 0 Å². The van der Waals surface area contributed by atoms with Crippen LogP contribution in [0.4, 0.5) is 5.69 Å². The normalized spacial score (nSPS) is 13.5. The van der Waals surface area contributed by atoms with Crippen molar-refractivity contribution in [3.8, 4) is 0 Å². The maximum absolute atomic E-state index is 11.3. The van der Waals surface area contributed by atoms with Crippen molar-refractivity contribution < 1.29 is 8.42 Å². The lowest BCUT2D eigenvalue weighted by Crippen LogP contribution is -2.24. The van der Waals surface area contributed by atoms with Crippen molar-refractivity contribution in [1.82, 2.24) is 0 Å². The van der Waals surface area contributed by atoms with Gasteiger partial charge in [-0.2, -0.15) is 0 Å². The molecule has 0 saturated carbocycles. The number of nitrogens with zero attached hydrogens (tertiary/aromatic N) is 1. The summed E-state index contributed by atoms with van der Waals surface area (Å²) in [5.74, 6) is 0. The van der Waals surface area contributed by atoms with Gasteiger partial charge in [-0.1, -0.05) is 12.1 Å². The van der Waals surface area contributed by atoms with Crippen molar-refractivity contribution in [2.24, 2.45) is 5.73 Å². The standard InChI is InChI=1S/C11H18N2O2S/c1-9(12)8-10-4-6-11(7-5-10)13(2)16(3,14)15/h4-7,9H,8,12H2,1-3H3. The van der Waals surface area contributed by atoms with E-state index in [4.69, 9.17) is 5.73 Å². The third-order valence-corrected chi connectivity index (χ3v) is 3.56. The average Bonchev–Trinajstić information content (AvgIpc) is 2.15. The Hall–Kier alpha value is -1.07. The largest absolute Gasteiger partial charge is 0.328 e. The van der Waals surface area contributed by atoms with Gasteiger partial charge < -0.3 is 5.73 Å². The van der Waals surface area contributed by atoms with Crippen LogP contribution in [-0.2, 0) is 16.4 Å². The van der Waals surface area contributed by atoms with Crippen LogP contribution in [0.3, 0.4) is 0 Å². The fraction of sp³-hybridized carbons (Fsp3) is 0.455. The maximum atomic E-state index is 11.3. The van der Waals surface area contributed by atoms with Crippen molar-refractivity contribution in [2.75, 3.05) is 17.6 Å². The zero-order valence-electron chi connectivity index (χ0n) is 9.84. The Morgan fingerprint density at radius 3 is 2.19 bits per heavy atom. The summed E-state index contributed by atoms with van der Waals surface area (Å²) in [4.78, 5) is 0. The van der Waals surface area contributed by atoms with Gasteiger partial charge in [0.1, 0.15) is 0 Å². The van der Waals surface area contributed by atoms with Crippen molar-refractivity contribution in [1.29, 1.82) is 0 Å². The lowest BCUT2D eigenvalue weighted by molar-refractivity contribution is 0.600. The summed E-state index contributed by atoms with van der Waals surface area (Å²) in [7, 11) is -1.65. The number of rotatable bonds is 4. The molecule has 1 aromatic rings. The monoisotopic (exact) mass is 242 g/mol. The molecule has 0 spiro atoms. The number of benzene rings is 1. The summed E-state index contributed by atoms with van der Waals surface area (Å²) in [5, 5.41) is 0. The molecule has 0 heterocycles. The van der Waals surface area contributed by atoms with Crippen LogP contribution < -0.4 is 10.0 Å². The topological polar surface area (TPSA) is 63.4 Å². The Labute approximate surface area is 97.1 Å². The highest BCUT2D eigenvalue weighted by molar-refractivity contribution is 7.92. The van der Waals surface area contributed by atoms with E-state index in [2.05, 4.69) is 0 Å². The zero-order chi connectivity index (χ0) is 12.3. The van der Waals surface area contributed by atoms with Gasteiger partial charge in [-0.05, 0) is 31.0 Å². The molecule has 16 heavy (non-hydrogen) atoms. The van der Waals surface area contributed by atoms with E-state index < -0.39 is 10.0 Å². The van der Waals surface area contributed by atoms with Crippen molar-refractivity contribution >= 4 is 15.7 Å². The van der Waals surface area contributed by atoms with E-state index >= 15 is 0 Å². The van der Waals surface area contributed by atoms with Crippen LogP contribution >= 0.6 is 0 Å². The summed E-state index contributed by atoms with van der Waals surface area (Å²) in [6.07, 6.45) is 1.98. The second-order valence-corrected chi connectivity index (χ2v) is 6.09. The number of sulfonamides is 1. The SMILES string of the molecule is CC(N)Cc1ccc(N(C)S(C)(=O)=O)cc1. The first kappa shape index (κ1) is 13.0. The van der Waals surface area contributed by atoms with E-state index in [1.54, 1.807) is 12.1 Å². The molecule has 1 rings (SSSR count). The van der Waals surface area contributed by atoms with Crippen LogP contribution in [-0.4, -0.2) is 27.8 Å². The molecule has 0 aliphatic rings. The van der Waals surface area contributed by atoms with Gasteiger partial charge in [-0.25, -0.2) is 8.42 Å². The zero-order valence-corrected chi connectivity index (χ0v) is 10.7. The molecule has 90 valence electrons. The molecule has 4 nitrogen and oxygen atoms in total. The number of nitrogens with two attached hydrogens (primary N) is 1. The van der Waals surface area contributed by atoms with Crippen LogP contribution in [0.25, 0.3) is 0 Å². The molecule has 0 aliphatic heterocycles. The predicted octanol–water partition coefficient (Wildman–Crippen LogP) is 0.972. The van der Waals surface area contributed by atoms with E-state index in [0.717, 1.165) is 12.0 Å². The molecule has 2 N–H and O–H groups in total. The van der Waals surface area contributed by atoms with E-state index in [1.807, 2.05) is 19.1 Å². The minimum absolute atomic E-state index is 0.110. The Balaban J connectivity index is 2.87. The lowest BCUT2D eigenvalue weighted by Gasteiger charge is -2.17. The summed E-state index contributed by atoms with van der Waals surface area (Å²) in [5.41, 5.74) is 7.46. The van der Waals surface area contributed by atoms with Crippen LogP contribution in [0.15, 0.2) is 24.3 Å². The quantitative estimate of drug-likeness (QED) is 0.855. The number of hydrogen-bond donors (Lipinski definition) is 1. The molecule has 0 radical (unpaired) electrons. The van der Waals surface area contributed by atoms with Gasteiger partial charge >= 0.3 is 0 Å². The minimum atomic E-state index is -3.18. The average molecular weight is 242 g/mol. The molecule has 5 heteroatoms. The highest BCUT2D eigenvalue weighted by Gasteiger charge is 2.11. The summed E-state index contributed by atoms with van der Waals surface area (Å²) in [6, 6.07) is 7.50. The van der Waals surface area contributed by atoms with Crippen molar-refractivity contribution in [2.45, 2.75) is 19.4 Å². The van der Waals surface area contributed by atoms with Gasteiger partial charge in [-0.15, -0.1) is 0 Å². The van der Waals surface area contributed by atoms with E-state index in [1.165, 1.54) is 17.6 Å². The van der Waals surface area contributed by atoms with Crippen LogP contribution in [0.1, 0.15) is 12.5 Å². The minimum Gasteiger partial charge on any atom is -0.328 e. The second kappa shape index (κ2) is 4.84. The Morgan fingerprint density at radius 2 is 1.81 bits per heavy atom. The van der Waals surface area contributed by atoms with Gasteiger partial charge in [0.05, 0.1) is 11.9 Å². The van der Waals surface area contributed by atoms with Crippen LogP contribution in [0, 0.1) is 0 Å².